The number of hydrogen-bond donors (Lipinski definition) is 0. The first-order valence-electron chi connectivity index (χ1n) is 4.65. The lowest BCUT2D eigenvalue weighted by Crippen LogP contribution is -1.76. The van der Waals surface area contributed by atoms with Crippen molar-refractivity contribution in [1.82, 2.24) is 0 Å². The van der Waals surface area contributed by atoms with Gasteiger partial charge in [0.1, 0.15) is 6.61 Å². The molecule has 0 fully saturated rings. The predicted octanol–water partition coefficient (Wildman–Crippen LogP) is 3.33. The minimum atomic E-state index is -0.0606. The average molecular weight is 155 g/mol. The van der Waals surface area contributed by atoms with Crippen LogP contribution in [0.15, 0.2) is 12.2 Å². The molecule has 0 N–H and O–H groups in total. The summed E-state index contributed by atoms with van der Waals surface area (Å²) in [6.07, 6.45) is 11.4. The average Bonchev–Trinajstić information content (AvgIpc) is 2.03. The molecule has 0 bridgehead atoms. The van der Waals surface area contributed by atoms with Crippen LogP contribution in [-0.2, 0) is 5.11 Å². The summed E-state index contributed by atoms with van der Waals surface area (Å²) in [5.41, 5.74) is 0. The Morgan fingerprint density at radius 2 is 1.73 bits per heavy atom. The second-order valence-corrected chi connectivity index (χ2v) is 2.84. The van der Waals surface area contributed by atoms with Crippen LogP contribution >= 0.6 is 0 Å². The summed E-state index contributed by atoms with van der Waals surface area (Å²) in [5, 5.41) is 9.98. The van der Waals surface area contributed by atoms with Crippen LogP contribution in [0.1, 0.15) is 45.4 Å². The van der Waals surface area contributed by atoms with Gasteiger partial charge in [0.25, 0.3) is 0 Å². The third-order valence-corrected chi connectivity index (χ3v) is 1.74. The van der Waals surface area contributed by atoms with Crippen LogP contribution in [0, 0.1) is 0 Å². The fourth-order valence-corrected chi connectivity index (χ4v) is 1.05. The molecular weight excluding hydrogens is 136 g/mol. The maximum Gasteiger partial charge on any atom is 0.100 e. The summed E-state index contributed by atoms with van der Waals surface area (Å²) >= 11 is 0. The Balaban J connectivity index is 2.85. The van der Waals surface area contributed by atoms with Crippen LogP contribution in [0.4, 0.5) is 0 Å². The standard InChI is InChI=1S/C10H19O/c1-2-3-4-5-6-7-8-9-10-11/h8-9H,2-7,10H2,1H3/b9-8+. The van der Waals surface area contributed by atoms with Gasteiger partial charge in [-0.1, -0.05) is 44.8 Å². The van der Waals surface area contributed by atoms with E-state index in [2.05, 4.69) is 6.92 Å². The van der Waals surface area contributed by atoms with E-state index < -0.39 is 0 Å². The second kappa shape index (κ2) is 9.70. The highest BCUT2D eigenvalue weighted by molar-refractivity contribution is 4.80. The van der Waals surface area contributed by atoms with Crippen molar-refractivity contribution in [2.75, 3.05) is 6.61 Å². The van der Waals surface area contributed by atoms with Crippen molar-refractivity contribution in [2.45, 2.75) is 45.4 Å². The van der Waals surface area contributed by atoms with Gasteiger partial charge in [0.15, 0.2) is 0 Å². The molecule has 0 heterocycles. The first kappa shape index (κ1) is 10.7. The first-order chi connectivity index (χ1) is 5.41. The summed E-state index contributed by atoms with van der Waals surface area (Å²) < 4.78 is 0. The van der Waals surface area contributed by atoms with E-state index in [1.807, 2.05) is 6.08 Å². The summed E-state index contributed by atoms with van der Waals surface area (Å²) in [5.74, 6) is 0. The van der Waals surface area contributed by atoms with Crippen LogP contribution in [0.5, 0.6) is 0 Å². The highest BCUT2D eigenvalue weighted by atomic mass is 16.2. The normalized spacial score (nSPS) is 11.1. The number of unbranched alkanes of at least 4 members (excludes halogenated alkanes) is 5. The largest absolute Gasteiger partial charge is 0.232 e. The fraction of sp³-hybridized carbons (Fsp3) is 0.800. The quantitative estimate of drug-likeness (QED) is 0.397. The van der Waals surface area contributed by atoms with Gasteiger partial charge in [-0.3, -0.25) is 0 Å². The Kier molecular flexibility index (Phi) is 9.44. The van der Waals surface area contributed by atoms with Crippen LogP contribution in [0.3, 0.4) is 0 Å². The van der Waals surface area contributed by atoms with Crippen molar-refractivity contribution in [3.05, 3.63) is 12.2 Å². The van der Waals surface area contributed by atoms with E-state index in [-0.39, 0.29) is 6.61 Å². The Labute approximate surface area is 70.1 Å². The monoisotopic (exact) mass is 155 g/mol. The molecule has 0 rings (SSSR count). The van der Waals surface area contributed by atoms with Gasteiger partial charge in [-0.15, -0.1) is 0 Å². The van der Waals surface area contributed by atoms with Crippen LogP contribution in [-0.4, -0.2) is 6.61 Å². The highest BCUT2D eigenvalue weighted by Crippen LogP contribution is 2.04. The van der Waals surface area contributed by atoms with Crippen molar-refractivity contribution in [3.63, 3.8) is 0 Å². The molecule has 11 heavy (non-hydrogen) atoms. The van der Waals surface area contributed by atoms with Gasteiger partial charge in [-0.2, -0.15) is 0 Å². The summed E-state index contributed by atoms with van der Waals surface area (Å²) in [4.78, 5) is 0. The zero-order valence-electron chi connectivity index (χ0n) is 7.51. The highest BCUT2D eigenvalue weighted by Gasteiger charge is 1.85. The molecule has 0 aliphatic heterocycles. The Morgan fingerprint density at radius 3 is 2.36 bits per heavy atom. The van der Waals surface area contributed by atoms with E-state index in [0.29, 0.717) is 0 Å². The minimum absolute atomic E-state index is 0.0606. The number of rotatable bonds is 7. The molecule has 0 aromatic heterocycles. The third kappa shape index (κ3) is 9.70. The molecule has 0 aliphatic rings. The van der Waals surface area contributed by atoms with E-state index in [1.165, 1.54) is 32.1 Å². The zero-order chi connectivity index (χ0) is 8.36. The molecule has 0 atom stereocenters. The molecule has 0 amide bonds. The first-order valence-corrected chi connectivity index (χ1v) is 4.65. The molecule has 0 saturated carbocycles. The lowest BCUT2D eigenvalue weighted by Gasteiger charge is -1.95. The van der Waals surface area contributed by atoms with Crippen molar-refractivity contribution in [1.29, 1.82) is 0 Å². The molecule has 1 heteroatoms. The van der Waals surface area contributed by atoms with E-state index in [9.17, 15) is 5.11 Å². The van der Waals surface area contributed by atoms with Crippen molar-refractivity contribution in [3.8, 4) is 0 Å². The molecule has 0 aliphatic carbocycles. The molecular formula is C10H19O. The molecule has 1 nitrogen and oxygen atoms in total. The third-order valence-electron chi connectivity index (χ3n) is 1.74. The van der Waals surface area contributed by atoms with Gasteiger partial charge >= 0.3 is 0 Å². The lowest BCUT2D eigenvalue weighted by molar-refractivity contribution is 0.232. The maximum absolute atomic E-state index is 9.98. The molecule has 0 aromatic rings. The van der Waals surface area contributed by atoms with Gasteiger partial charge in [0.2, 0.25) is 0 Å². The molecule has 0 aromatic carbocycles. The Hall–Kier alpha value is -0.300. The van der Waals surface area contributed by atoms with Crippen LogP contribution in [0.25, 0.3) is 0 Å². The van der Waals surface area contributed by atoms with Crippen molar-refractivity contribution in [2.24, 2.45) is 0 Å². The number of allylic oxidation sites excluding steroid dienone is 1. The topological polar surface area (TPSA) is 19.9 Å². The Morgan fingerprint density at radius 1 is 1.00 bits per heavy atom. The SMILES string of the molecule is CCCCCCC/C=C/C[O]. The number of hydrogen-bond acceptors (Lipinski definition) is 0. The van der Waals surface area contributed by atoms with E-state index in [4.69, 9.17) is 0 Å². The molecule has 65 valence electrons. The maximum atomic E-state index is 9.98. The zero-order valence-corrected chi connectivity index (χ0v) is 7.51. The minimum Gasteiger partial charge on any atom is -0.232 e. The van der Waals surface area contributed by atoms with Crippen LogP contribution < -0.4 is 0 Å². The van der Waals surface area contributed by atoms with E-state index in [1.54, 1.807) is 6.08 Å². The van der Waals surface area contributed by atoms with Gasteiger partial charge in [-0.25, -0.2) is 5.11 Å². The smallest absolute Gasteiger partial charge is 0.100 e. The molecule has 1 radical (unpaired) electrons. The van der Waals surface area contributed by atoms with Crippen molar-refractivity contribution >= 4 is 0 Å². The predicted molar refractivity (Wildman–Crippen MR) is 48.1 cm³/mol. The second-order valence-electron chi connectivity index (χ2n) is 2.84. The summed E-state index contributed by atoms with van der Waals surface area (Å²) in [6, 6.07) is 0. The molecule has 0 unspecified atom stereocenters. The fourth-order valence-electron chi connectivity index (χ4n) is 1.05. The molecule has 0 spiro atoms. The van der Waals surface area contributed by atoms with Gasteiger partial charge in [-0.05, 0) is 12.8 Å². The van der Waals surface area contributed by atoms with Crippen molar-refractivity contribution < 1.29 is 5.11 Å². The van der Waals surface area contributed by atoms with E-state index >= 15 is 0 Å². The van der Waals surface area contributed by atoms with Gasteiger partial charge in [0, 0.05) is 0 Å². The van der Waals surface area contributed by atoms with E-state index in [0.717, 1.165) is 6.42 Å². The lowest BCUT2D eigenvalue weighted by atomic mass is 10.1. The Bertz CT molecular complexity index is 86.9. The summed E-state index contributed by atoms with van der Waals surface area (Å²) in [7, 11) is 0. The summed E-state index contributed by atoms with van der Waals surface area (Å²) in [6.45, 7) is 2.16. The van der Waals surface area contributed by atoms with Gasteiger partial charge in [0.05, 0.1) is 0 Å². The van der Waals surface area contributed by atoms with Gasteiger partial charge < -0.3 is 0 Å². The molecule has 0 saturated heterocycles. The van der Waals surface area contributed by atoms with Crippen LogP contribution in [0.2, 0.25) is 0 Å².